The summed E-state index contributed by atoms with van der Waals surface area (Å²) in [7, 11) is 0. The molecule has 0 spiro atoms. The Balaban J connectivity index is 1.39. The van der Waals surface area contributed by atoms with E-state index in [1.54, 1.807) is 0 Å². The van der Waals surface area contributed by atoms with Crippen LogP contribution >= 0.6 is 0 Å². The second-order valence-electron chi connectivity index (χ2n) is 19.6. The highest BCUT2D eigenvalue weighted by Crippen LogP contribution is 2.76. The zero-order valence-electron chi connectivity index (χ0n) is 33.8. The van der Waals surface area contributed by atoms with Crippen molar-refractivity contribution >= 4 is 0 Å². The molecule has 0 aromatic carbocycles. The summed E-state index contributed by atoms with van der Waals surface area (Å²) in [6, 6.07) is 0. The highest BCUT2D eigenvalue weighted by atomic mass is 16.8. The van der Waals surface area contributed by atoms with Crippen LogP contribution in [-0.2, 0) is 18.9 Å². The average Bonchev–Trinajstić information content (AvgIpc) is 3.48. The minimum absolute atomic E-state index is 0.0381. The summed E-state index contributed by atoms with van der Waals surface area (Å²) in [5.74, 6) is 0.165. The molecule has 0 aromatic heterocycles. The first-order valence-electron chi connectivity index (χ1n) is 20.4. The van der Waals surface area contributed by atoms with Gasteiger partial charge in [-0.25, -0.2) is 0 Å². The summed E-state index contributed by atoms with van der Waals surface area (Å²) in [5, 5.41) is 88.2. The minimum atomic E-state index is -1.68. The number of hydrogen-bond acceptors (Lipinski definition) is 12. The van der Waals surface area contributed by atoms with Crippen LogP contribution in [0, 0.1) is 45.3 Å². The van der Waals surface area contributed by atoms with Gasteiger partial charge in [-0.3, -0.25) is 0 Å². The Bertz CT molecular complexity index is 1400. The number of ether oxygens (including phenoxy) is 4. The Labute approximate surface area is 321 Å². The van der Waals surface area contributed by atoms with Crippen molar-refractivity contribution in [3.05, 3.63) is 23.3 Å². The first-order chi connectivity index (χ1) is 25.1. The fourth-order valence-electron chi connectivity index (χ4n) is 12.9. The third-order valence-electron chi connectivity index (χ3n) is 16.0. The van der Waals surface area contributed by atoms with Crippen molar-refractivity contribution < 1.29 is 59.8 Å². The monoisotopic (exact) mass is 766 g/mol. The van der Waals surface area contributed by atoms with E-state index in [1.807, 2.05) is 0 Å². The number of hydrogen-bond donors (Lipinski definition) is 8. The third-order valence-corrected chi connectivity index (χ3v) is 16.0. The van der Waals surface area contributed by atoms with Gasteiger partial charge in [0.2, 0.25) is 0 Å². The third kappa shape index (κ3) is 6.79. The van der Waals surface area contributed by atoms with Crippen LogP contribution in [-0.4, -0.2) is 127 Å². The van der Waals surface area contributed by atoms with Crippen LogP contribution in [0.15, 0.2) is 23.3 Å². The summed E-state index contributed by atoms with van der Waals surface area (Å²) in [5.41, 5.74) is 1.01. The fourth-order valence-corrected chi connectivity index (χ4v) is 12.9. The van der Waals surface area contributed by atoms with Gasteiger partial charge in [0.1, 0.15) is 42.7 Å². The highest BCUT2D eigenvalue weighted by Gasteiger charge is 2.73. The van der Waals surface area contributed by atoms with Crippen LogP contribution in [0.4, 0.5) is 0 Å². The molecule has 12 heteroatoms. The maximum Gasteiger partial charge on any atom is 0.187 e. The van der Waals surface area contributed by atoms with Gasteiger partial charge in [-0.1, -0.05) is 57.9 Å². The van der Waals surface area contributed by atoms with Gasteiger partial charge in [0, 0.05) is 0 Å². The average molecular weight is 767 g/mol. The zero-order valence-corrected chi connectivity index (χ0v) is 33.8. The topological polar surface area (TPSA) is 199 Å². The Kier molecular flexibility index (Phi) is 12.1. The maximum absolute atomic E-state index is 12.2. The normalized spacial score (nSPS) is 53.3. The first-order valence-corrected chi connectivity index (χ1v) is 20.4. The van der Waals surface area contributed by atoms with Crippen molar-refractivity contribution in [1.29, 1.82) is 0 Å². The van der Waals surface area contributed by atoms with E-state index >= 15 is 0 Å². The molecule has 54 heavy (non-hydrogen) atoms. The molecular weight excluding hydrogens is 696 g/mol. The number of allylic oxidation sites excluding steroid dienone is 4. The summed E-state index contributed by atoms with van der Waals surface area (Å²) in [6.45, 7) is 18.5. The lowest BCUT2D eigenvalue weighted by Crippen LogP contribution is -2.71. The van der Waals surface area contributed by atoms with E-state index in [9.17, 15) is 40.9 Å². The van der Waals surface area contributed by atoms with Gasteiger partial charge in [-0.2, -0.15) is 0 Å². The Hall–Kier alpha value is -1.00. The molecule has 12 nitrogen and oxygen atoms in total. The molecule has 2 heterocycles. The molecule has 0 bridgehead atoms. The van der Waals surface area contributed by atoms with Gasteiger partial charge in [0.05, 0.1) is 31.0 Å². The predicted molar refractivity (Wildman–Crippen MR) is 199 cm³/mol. The molecule has 0 amide bonds. The number of aliphatic hydroxyl groups excluding tert-OH is 8. The molecule has 6 rings (SSSR count). The molecule has 8 N–H and O–H groups in total. The summed E-state index contributed by atoms with van der Waals surface area (Å²) in [6.07, 6.45) is -6.05. The largest absolute Gasteiger partial charge is 0.394 e. The standard InChI is InChI=1S/C42H70O12/c1-20(2)11-10-12-21(3)23-13-16-41(8)29(23)24(44)17-27-40(7)15-14-28(45)39(5,6)36(40)25(18-42(27,41)9)52-38-35(33(49)31(47)26(19-43)53-38)54-37-34(50)32(48)30(46)22(4)51-37/h11-12,22-38,43-50H,10,13-19H2,1-9H3/b21-12-/t22-,23+,24+,25-,26+,27+,28-,29-,30-,31+,32+,33-,34+,35+,36-,37-,38+,40+,41+,42+/m0/s1. The van der Waals surface area contributed by atoms with Crippen molar-refractivity contribution in [3.63, 3.8) is 0 Å². The van der Waals surface area contributed by atoms with E-state index in [-0.39, 0.29) is 39.9 Å². The minimum Gasteiger partial charge on any atom is -0.394 e. The Morgan fingerprint density at radius 1 is 0.759 bits per heavy atom. The molecular formula is C42H70O12. The lowest BCUT2D eigenvalue weighted by molar-refractivity contribution is -0.381. The van der Waals surface area contributed by atoms with Crippen molar-refractivity contribution in [2.75, 3.05) is 6.61 Å². The van der Waals surface area contributed by atoms with E-state index < -0.39 is 91.7 Å². The SMILES string of the molecule is CC(C)=CC/C=C(/C)[C@H]1CC[C@]2(C)[C@@H]1[C@H](O)C[C@@H]1[C@@]3(C)CC[C@H](O)C(C)(C)[C@@H]3[C@@H](O[C@@H]3O[C@H](CO)[C@@H](O)[C@H](O)[C@H]3O[C@@H]3O[C@@H](C)[C@H](O)[C@@H](O)[C@H]3O)C[C@]12C. The highest BCUT2D eigenvalue weighted by molar-refractivity contribution is 5.24. The van der Waals surface area contributed by atoms with Crippen molar-refractivity contribution in [1.82, 2.24) is 0 Å². The smallest absolute Gasteiger partial charge is 0.187 e. The molecule has 6 aliphatic rings. The first kappa shape index (κ1) is 42.6. The number of aliphatic hydroxyl groups is 8. The van der Waals surface area contributed by atoms with Gasteiger partial charge >= 0.3 is 0 Å². The summed E-state index contributed by atoms with van der Waals surface area (Å²) in [4.78, 5) is 0. The Morgan fingerprint density at radius 3 is 2.09 bits per heavy atom. The van der Waals surface area contributed by atoms with Gasteiger partial charge < -0.3 is 59.8 Å². The maximum atomic E-state index is 12.2. The quantitative estimate of drug-likeness (QED) is 0.133. The van der Waals surface area contributed by atoms with Gasteiger partial charge in [0.15, 0.2) is 12.6 Å². The number of fused-ring (bicyclic) bond motifs is 5. The van der Waals surface area contributed by atoms with Crippen LogP contribution in [0.1, 0.15) is 107 Å². The molecule has 0 radical (unpaired) electrons. The van der Waals surface area contributed by atoms with Crippen LogP contribution in [0.3, 0.4) is 0 Å². The van der Waals surface area contributed by atoms with Crippen LogP contribution in [0.25, 0.3) is 0 Å². The molecule has 2 saturated heterocycles. The zero-order chi connectivity index (χ0) is 39.9. The predicted octanol–water partition coefficient (Wildman–Crippen LogP) is 2.95. The van der Waals surface area contributed by atoms with Gasteiger partial charge in [-0.05, 0) is 118 Å². The molecule has 6 fully saturated rings. The van der Waals surface area contributed by atoms with Crippen molar-refractivity contribution in [3.8, 4) is 0 Å². The molecule has 0 aromatic rings. The molecule has 20 atom stereocenters. The van der Waals surface area contributed by atoms with Crippen molar-refractivity contribution in [2.45, 2.75) is 187 Å². The van der Waals surface area contributed by atoms with E-state index in [1.165, 1.54) is 18.1 Å². The molecule has 2 aliphatic heterocycles. The molecule has 4 saturated carbocycles. The molecule has 310 valence electrons. The van der Waals surface area contributed by atoms with Gasteiger partial charge in [0.25, 0.3) is 0 Å². The van der Waals surface area contributed by atoms with E-state index in [2.05, 4.69) is 67.5 Å². The van der Waals surface area contributed by atoms with Crippen LogP contribution < -0.4 is 0 Å². The van der Waals surface area contributed by atoms with E-state index in [4.69, 9.17) is 18.9 Å². The van der Waals surface area contributed by atoms with Crippen LogP contribution in [0.2, 0.25) is 0 Å². The lowest BCUT2D eigenvalue weighted by Gasteiger charge is -2.72. The van der Waals surface area contributed by atoms with Crippen molar-refractivity contribution in [2.24, 2.45) is 45.3 Å². The molecule has 4 aliphatic carbocycles. The molecule has 0 unspecified atom stereocenters. The lowest BCUT2D eigenvalue weighted by atomic mass is 9.34. The second-order valence-corrected chi connectivity index (χ2v) is 19.6. The van der Waals surface area contributed by atoms with Gasteiger partial charge in [-0.15, -0.1) is 0 Å². The second kappa shape index (κ2) is 15.3. The fraction of sp³-hybridized carbons (Fsp3) is 0.905. The summed E-state index contributed by atoms with van der Waals surface area (Å²) >= 11 is 0. The van der Waals surface area contributed by atoms with E-state index in [0.29, 0.717) is 19.3 Å². The van der Waals surface area contributed by atoms with Crippen LogP contribution in [0.5, 0.6) is 0 Å². The van der Waals surface area contributed by atoms with E-state index in [0.717, 1.165) is 25.7 Å². The number of rotatable bonds is 8. The summed E-state index contributed by atoms with van der Waals surface area (Å²) < 4.78 is 25.2. The Morgan fingerprint density at radius 2 is 1.44 bits per heavy atom.